The van der Waals surface area contributed by atoms with Gasteiger partial charge in [-0.05, 0) is 24.6 Å². The molecule has 0 saturated carbocycles. The molecule has 1 atom stereocenters. The number of aliphatic imine (C=N–C) groups is 1. The molecule has 0 radical (unpaired) electrons. The van der Waals surface area contributed by atoms with Crippen LogP contribution in [0, 0.1) is 0 Å². The van der Waals surface area contributed by atoms with Crippen LogP contribution < -0.4 is 5.32 Å². The molecule has 1 aliphatic rings. The van der Waals surface area contributed by atoms with Gasteiger partial charge in [-0.25, -0.2) is 0 Å². The van der Waals surface area contributed by atoms with E-state index in [1.807, 2.05) is 19.1 Å². The quantitative estimate of drug-likeness (QED) is 0.754. The van der Waals surface area contributed by atoms with E-state index in [4.69, 9.17) is 11.6 Å². The van der Waals surface area contributed by atoms with Gasteiger partial charge in [0, 0.05) is 17.3 Å². The van der Waals surface area contributed by atoms with Crippen LogP contribution in [0.3, 0.4) is 0 Å². The molecular formula is C11H13ClN2. The monoisotopic (exact) mass is 208 g/mol. The lowest BCUT2D eigenvalue weighted by Crippen LogP contribution is -2.33. The predicted molar refractivity (Wildman–Crippen MR) is 60.2 cm³/mol. The lowest BCUT2D eigenvalue weighted by Gasteiger charge is -2.21. The normalized spacial score (nSPS) is 21.9. The fraction of sp³-hybridized carbons (Fsp3) is 0.364. The second kappa shape index (κ2) is 4.11. The summed E-state index contributed by atoms with van der Waals surface area (Å²) in [7, 11) is 0. The maximum atomic E-state index is 5.83. The maximum Gasteiger partial charge on any atom is 0.0584 e. The summed E-state index contributed by atoms with van der Waals surface area (Å²) in [5, 5.41) is 4.21. The van der Waals surface area contributed by atoms with Crippen LogP contribution >= 0.6 is 11.6 Å². The third kappa shape index (κ3) is 2.14. The molecule has 1 heterocycles. The van der Waals surface area contributed by atoms with E-state index in [0.717, 1.165) is 18.1 Å². The van der Waals surface area contributed by atoms with Crippen LogP contribution in [0.25, 0.3) is 0 Å². The Labute approximate surface area is 89.0 Å². The zero-order valence-corrected chi connectivity index (χ0v) is 8.88. The van der Waals surface area contributed by atoms with E-state index in [-0.39, 0.29) is 0 Å². The number of halogens is 1. The SMILES string of the molecule is CC1=NCC(c2ccc(Cl)cc2)NC1. The molecule has 1 aliphatic heterocycles. The molecule has 2 rings (SSSR count). The van der Waals surface area contributed by atoms with Gasteiger partial charge in [0.25, 0.3) is 0 Å². The molecule has 1 aromatic carbocycles. The summed E-state index contributed by atoms with van der Waals surface area (Å²) in [5.74, 6) is 0. The van der Waals surface area contributed by atoms with Gasteiger partial charge in [0.15, 0.2) is 0 Å². The van der Waals surface area contributed by atoms with Gasteiger partial charge in [0.1, 0.15) is 0 Å². The summed E-state index contributed by atoms with van der Waals surface area (Å²) in [4.78, 5) is 4.43. The van der Waals surface area contributed by atoms with E-state index in [2.05, 4.69) is 22.4 Å². The summed E-state index contributed by atoms with van der Waals surface area (Å²) in [6.07, 6.45) is 0. The number of hydrogen-bond acceptors (Lipinski definition) is 2. The standard InChI is InChI=1S/C11H13ClN2/c1-8-6-14-11(7-13-8)9-2-4-10(12)5-3-9/h2-5,11,14H,6-7H2,1H3. The van der Waals surface area contributed by atoms with E-state index < -0.39 is 0 Å². The average molecular weight is 209 g/mol. The summed E-state index contributed by atoms with van der Waals surface area (Å²) >= 11 is 5.83. The highest BCUT2D eigenvalue weighted by Crippen LogP contribution is 2.18. The average Bonchev–Trinajstić information content (AvgIpc) is 2.21. The second-order valence-electron chi connectivity index (χ2n) is 3.56. The van der Waals surface area contributed by atoms with Crippen molar-refractivity contribution in [3.8, 4) is 0 Å². The van der Waals surface area contributed by atoms with Crippen molar-refractivity contribution in [3.63, 3.8) is 0 Å². The fourth-order valence-corrected chi connectivity index (χ4v) is 1.68. The minimum absolute atomic E-state index is 0.343. The first-order valence-electron chi connectivity index (χ1n) is 4.74. The molecule has 0 aliphatic carbocycles. The van der Waals surface area contributed by atoms with Gasteiger partial charge >= 0.3 is 0 Å². The van der Waals surface area contributed by atoms with Gasteiger partial charge < -0.3 is 5.32 Å². The predicted octanol–water partition coefficient (Wildman–Crippen LogP) is 2.45. The van der Waals surface area contributed by atoms with E-state index in [1.165, 1.54) is 11.3 Å². The van der Waals surface area contributed by atoms with E-state index in [9.17, 15) is 0 Å². The van der Waals surface area contributed by atoms with Crippen molar-refractivity contribution in [2.24, 2.45) is 4.99 Å². The Bertz CT molecular complexity index is 343. The topological polar surface area (TPSA) is 24.4 Å². The number of rotatable bonds is 1. The third-order valence-corrected chi connectivity index (χ3v) is 2.67. The maximum absolute atomic E-state index is 5.83. The highest BCUT2D eigenvalue weighted by atomic mass is 35.5. The van der Waals surface area contributed by atoms with Crippen LogP contribution in [0.2, 0.25) is 5.02 Å². The molecule has 0 saturated heterocycles. The van der Waals surface area contributed by atoms with Crippen molar-refractivity contribution >= 4 is 17.3 Å². The molecular weight excluding hydrogens is 196 g/mol. The minimum atomic E-state index is 0.343. The lowest BCUT2D eigenvalue weighted by atomic mass is 10.1. The van der Waals surface area contributed by atoms with Crippen LogP contribution in [-0.4, -0.2) is 18.8 Å². The zero-order valence-electron chi connectivity index (χ0n) is 8.13. The molecule has 0 bridgehead atoms. The smallest absolute Gasteiger partial charge is 0.0584 e. The van der Waals surface area contributed by atoms with Crippen LogP contribution in [0.4, 0.5) is 0 Å². The molecule has 74 valence electrons. The number of benzene rings is 1. The van der Waals surface area contributed by atoms with Crippen LogP contribution in [0.15, 0.2) is 29.3 Å². The molecule has 3 heteroatoms. The highest BCUT2D eigenvalue weighted by molar-refractivity contribution is 6.30. The largest absolute Gasteiger partial charge is 0.303 e. The number of hydrogen-bond donors (Lipinski definition) is 1. The van der Waals surface area contributed by atoms with Gasteiger partial charge in [0.05, 0.1) is 12.6 Å². The van der Waals surface area contributed by atoms with Gasteiger partial charge in [0.2, 0.25) is 0 Å². The summed E-state index contributed by atoms with van der Waals surface area (Å²) in [6, 6.07) is 8.29. The van der Waals surface area contributed by atoms with Crippen LogP contribution in [-0.2, 0) is 0 Å². The van der Waals surface area contributed by atoms with Crippen LogP contribution in [0.5, 0.6) is 0 Å². The summed E-state index contributed by atoms with van der Waals surface area (Å²) in [5.41, 5.74) is 2.43. The van der Waals surface area contributed by atoms with Crippen molar-refractivity contribution in [3.05, 3.63) is 34.9 Å². The second-order valence-corrected chi connectivity index (χ2v) is 4.00. The molecule has 14 heavy (non-hydrogen) atoms. The Balaban J connectivity index is 2.13. The molecule has 1 unspecified atom stereocenters. The lowest BCUT2D eigenvalue weighted by molar-refractivity contribution is 0.564. The highest BCUT2D eigenvalue weighted by Gasteiger charge is 2.13. The zero-order chi connectivity index (χ0) is 9.97. The van der Waals surface area contributed by atoms with E-state index in [1.54, 1.807) is 0 Å². The van der Waals surface area contributed by atoms with Crippen molar-refractivity contribution < 1.29 is 0 Å². The first-order chi connectivity index (χ1) is 6.75. The molecule has 0 fully saturated rings. The Morgan fingerprint density at radius 1 is 1.36 bits per heavy atom. The molecule has 0 aromatic heterocycles. The van der Waals surface area contributed by atoms with Gasteiger partial charge in [-0.1, -0.05) is 23.7 Å². The summed E-state index contributed by atoms with van der Waals surface area (Å²) < 4.78 is 0. The molecule has 1 aromatic rings. The van der Waals surface area contributed by atoms with Gasteiger partial charge in [-0.15, -0.1) is 0 Å². The van der Waals surface area contributed by atoms with Crippen molar-refractivity contribution in [1.29, 1.82) is 0 Å². The molecule has 2 nitrogen and oxygen atoms in total. The van der Waals surface area contributed by atoms with Gasteiger partial charge in [-0.3, -0.25) is 4.99 Å². The first kappa shape index (κ1) is 9.69. The van der Waals surface area contributed by atoms with Crippen LogP contribution in [0.1, 0.15) is 18.5 Å². The fourth-order valence-electron chi connectivity index (χ4n) is 1.56. The third-order valence-electron chi connectivity index (χ3n) is 2.42. The minimum Gasteiger partial charge on any atom is -0.303 e. The first-order valence-corrected chi connectivity index (χ1v) is 5.12. The van der Waals surface area contributed by atoms with Gasteiger partial charge in [-0.2, -0.15) is 0 Å². The Hall–Kier alpha value is -0.860. The van der Waals surface area contributed by atoms with Crippen molar-refractivity contribution in [1.82, 2.24) is 5.32 Å². The van der Waals surface area contributed by atoms with Crippen molar-refractivity contribution in [2.75, 3.05) is 13.1 Å². The van der Waals surface area contributed by atoms with Crippen molar-refractivity contribution in [2.45, 2.75) is 13.0 Å². The number of nitrogens with zero attached hydrogens (tertiary/aromatic N) is 1. The van der Waals surface area contributed by atoms with E-state index in [0.29, 0.717) is 6.04 Å². The molecule has 0 spiro atoms. The van der Waals surface area contributed by atoms with E-state index >= 15 is 0 Å². The Morgan fingerprint density at radius 2 is 2.07 bits per heavy atom. The number of nitrogens with one attached hydrogen (secondary N) is 1. The Kier molecular flexibility index (Phi) is 2.85. The molecule has 1 N–H and O–H groups in total. The molecule has 0 amide bonds. The summed E-state index contributed by atoms with van der Waals surface area (Å²) in [6.45, 7) is 3.76. The Morgan fingerprint density at radius 3 is 2.64 bits per heavy atom.